The van der Waals surface area contributed by atoms with E-state index in [0.29, 0.717) is 18.3 Å². The van der Waals surface area contributed by atoms with Gasteiger partial charge in [0.1, 0.15) is 11.6 Å². The van der Waals surface area contributed by atoms with E-state index in [4.69, 9.17) is 9.47 Å². The predicted octanol–water partition coefficient (Wildman–Crippen LogP) is 3.18. The Kier molecular flexibility index (Phi) is 6.80. The van der Waals surface area contributed by atoms with Gasteiger partial charge in [0.25, 0.3) is 0 Å². The Morgan fingerprint density at radius 3 is 2.60 bits per heavy atom. The molecule has 3 rings (SSSR count). The molecule has 0 saturated heterocycles. The number of halogens is 3. The van der Waals surface area contributed by atoms with Gasteiger partial charge in [-0.25, -0.2) is 8.78 Å². The summed E-state index contributed by atoms with van der Waals surface area (Å²) in [5, 5.41) is 6.06. The van der Waals surface area contributed by atoms with Crippen molar-refractivity contribution in [2.24, 2.45) is 4.99 Å². The SMILES string of the molecule is CN=C(NCc1ccc2c(c1)OCO2)NCc1cc(F)ccc1F.I. The Labute approximate surface area is 161 Å². The molecule has 0 fully saturated rings. The first kappa shape index (κ1) is 19.2. The number of hydrogen-bond donors (Lipinski definition) is 2. The Morgan fingerprint density at radius 1 is 1.04 bits per heavy atom. The molecule has 0 unspecified atom stereocenters. The molecule has 1 aliphatic heterocycles. The molecule has 0 aromatic heterocycles. The number of hydrogen-bond acceptors (Lipinski definition) is 3. The highest BCUT2D eigenvalue weighted by Gasteiger charge is 2.13. The first-order valence-electron chi connectivity index (χ1n) is 7.42. The lowest BCUT2D eigenvalue weighted by atomic mass is 10.2. The lowest BCUT2D eigenvalue weighted by Crippen LogP contribution is -2.36. The van der Waals surface area contributed by atoms with E-state index in [0.717, 1.165) is 29.5 Å². The Hall–Kier alpha value is -2.10. The molecule has 1 heterocycles. The topological polar surface area (TPSA) is 54.9 Å². The third-order valence-corrected chi connectivity index (χ3v) is 3.57. The molecule has 2 N–H and O–H groups in total. The molecule has 0 atom stereocenters. The number of nitrogens with one attached hydrogen (secondary N) is 2. The second-order valence-corrected chi connectivity index (χ2v) is 5.20. The van der Waals surface area contributed by atoms with E-state index in [1.807, 2.05) is 18.2 Å². The van der Waals surface area contributed by atoms with Gasteiger partial charge in [0.05, 0.1) is 0 Å². The maximum absolute atomic E-state index is 13.6. The number of nitrogens with zero attached hydrogens (tertiary/aromatic N) is 1. The largest absolute Gasteiger partial charge is 0.454 e. The molecular formula is C17H18F2IN3O2. The summed E-state index contributed by atoms with van der Waals surface area (Å²) >= 11 is 0. The summed E-state index contributed by atoms with van der Waals surface area (Å²) in [5.41, 5.74) is 1.22. The van der Waals surface area contributed by atoms with Gasteiger partial charge in [-0.05, 0) is 35.9 Å². The number of fused-ring (bicyclic) bond motifs is 1. The summed E-state index contributed by atoms with van der Waals surface area (Å²) in [6, 6.07) is 9.00. The van der Waals surface area contributed by atoms with E-state index in [-0.39, 0.29) is 42.9 Å². The van der Waals surface area contributed by atoms with Gasteiger partial charge in [0.2, 0.25) is 6.79 Å². The molecule has 25 heavy (non-hydrogen) atoms. The number of rotatable bonds is 4. The summed E-state index contributed by atoms with van der Waals surface area (Å²) in [4.78, 5) is 4.07. The lowest BCUT2D eigenvalue weighted by molar-refractivity contribution is 0.174. The molecule has 8 heteroatoms. The smallest absolute Gasteiger partial charge is 0.231 e. The highest BCUT2D eigenvalue weighted by molar-refractivity contribution is 14.0. The summed E-state index contributed by atoms with van der Waals surface area (Å²) < 4.78 is 37.4. The van der Waals surface area contributed by atoms with Crippen molar-refractivity contribution >= 4 is 29.9 Å². The summed E-state index contributed by atoms with van der Waals surface area (Å²) in [5.74, 6) is 0.977. The molecule has 0 saturated carbocycles. The van der Waals surface area contributed by atoms with E-state index >= 15 is 0 Å². The summed E-state index contributed by atoms with van der Waals surface area (Å²) in [6.07, 6.45) is 0. The molecule has 0 radical (unpaired) electrons. The van der Waals surface area contributed by atoms with Gasteiger partial charge in [-0.15, -0.1) is 24.0 Å². The zero-order valence-corrected chi connectivity index (χ0v) is 15.8. The van der Waals surface area contributed by atoms with Crippen LogP contribution in [0.1, 0.15) is 11.1 Å². The van der Waals surface area contributed by atoms with Crippen LogP contribution in [0, 0.1) is 11.6 Å². The molecular weight excluding hydrogens is 443 g/mol. The van der Waals surface area contributed by atoms with Gasteiger partial charge in [0, 0.05) is 25.7 Å². The van der Waals surface area contributed by atoms with E-state index in [2.05, 4.69) is 15.6 Å². The van der Waals surface area contributed by atoms with Crippen molar-refractivity contribution in [3.05, 3.63) is 59.2 Å². The highest BCUT2D eigenvalue weighted by Crippen LogP contribution is 2.32. The number of ether oxygens (including phenoxy) is 2. The first-order chi connectivity index (χ1) is 11.7. The normalized spacial score (nSPS) is 12.5. The minimum absolute atomic E-state index is 0. The van der Waals surface area contributed by atoms with Crippen molar-refractivity contribution in [3.63, 3.8) is 0 Å². The van der Waals surface area contributed by atoms with Crippen molar-refractivity contribution < 1.29 is 18.3 Å². The van der Waals surface area contributed by atoms with Crippen LogP contribution < -0.4 is 20.1 Å². The van der Waals surface area contributed by atoms with Gasteiger partial charge < -0.3 is 20.1 Å². The minimum Gasteiger partial charge on any atom is -0.454 e. The van der Waals surface area contributed by atoms with Crippen molar-refractivity contribution in [3.8, 4) is 11.5 Å². The van der Waals surface area contributed by atoms with Crippen LogP contribution >= 0.6 is 24.0 Å². The van der Waals surface area contributed by atoms with Crippen LogP contribution in [0.15, 0.2) is 41.4 Å². The molecule has 134 valence electrons. The van der Waals surface area contributed by atoms with Gasteiger partial charge in [0.15, 0.2) is 17.5 Å². The molecule has 0 bridgehead atoms. The Bertz CT molecular complexity index is 772. The second-order valence-electron chi connectivity index (χ2n) is 5.20. The third-order valence-electron chi connectivity index (χ3n) is 3.57. The average molecular weight is 461 g/mol. The minimum atomic E-state index is -0.475. The highest BCUT2D eigenvalue weighted by atomic mass is 127. The number of benzene rings is 2. The maximum Gasteiger partial charge on any atom is 0.231 e. The molecule has 0 aliphatic carbocycles. The molecule has 0 amide bonds. The van der Waals surface area contributed by atoms with E-state index in [1.165, 1.54) is 0 Å². The fourth-order valence-electron chi connectivity index (χ4n) is 2.32. The standard InChI is InChI=1S/C17H17F2N3O2.HI/c1-20-17(22-9-12-7-13(18)3-4-14(12)19)21-8-11-2-5-15-16(6-11)24-10-23-15;/h2-7H,8-10H2,1H3,(H2,20,21,22);1H. The fourth-order valence-corrected chi connectivity index (χ4v) is 2.32. The molecule has 1 aliphatic rings. The Balaban J connectivity index is 0.00000225. The monoisotopic (exact) mass is 461 g/mol. The van der Waals surface area contributed by atoms with Crippen molar-refractivity contribution in [1.29, 1.82) is 0 Å². The van der Waals surface area contributed by atoms with Gasteiger partial charge in [-0.2, -0.15) is 0 Å². The van der Waals surface area contributed by atoms with Gasteiger partial charge in [-0.1, -0.05) is 6.07 Å². The zero-order valence-electron chi connectivity index (χ0n) is 13.5. The Morgan fingerprint density at radius 2 is 1.80 bits per heavy atom. The van der Waals surface area contributed by atoms with Crippen molar-refractivity contribution in [2.45, 2.75) is 13.1 Å². The summed E-state index contributed by atoms with van der Waals surface area (Å²) in [6.45, 7) is 0.862. The zero-order chi connectivity index (χ0) is 16.9. The van der Waals surface area contributed by atoms with E-state index < -0.39 is 11.6 Å². The predicted molar refractivity (Wildman–Crippen MR) is 101 cm³/mol. The van der Waals surface area contributed by atoms with Crippen LogP contribution in [0.4, 0.5) is 8.78 Å². The van der Waals surface area contributed by atoms with Gasteiger partial charge in [-0.3, -0.25) is 4.99 Å². The molecule has 0 spiro atoms. The molecule has 5 nitrogen and oxygen atoms in total. The lowest BCUT2D eigenvalue weighted by Gasteiger charge is -2.12. The quantitative estimate of drug-likeness (QED) is 0.418. The van der Waals surface area contributed by atoms with Crippen LogP contribution in [0.5, 0.6) is 11.5 Å². The van der Waals surface area contributed by atoms with Crippen LogP contribution in [0.25, 0.3) is 0 Å². The molecule has 2 aromatic carbocycles. The van der Waals surface area contributed by atoms with Crippen LogP contribution in [-0.4, -0.2) is 19.8 Å². The van der Waals surface area contributed by atoms with Crippen LogP contribution in [0.2, 0.25) is 0 Å². The summed E-state index contributed by atoms with van der Waals surface area (Å²) in [7, 11) is 1.61. The number of guanidine groups is 1. The maximum atomic E-state index is 13.6. The van der Waals surface area contributed by atoms with Crippen molar-refractivity contribution in [2.75, 3.05) is 13.8 Å². The van der Waals surface area contributed by atoms with Gasteiger partial charge >= 0.3 is 0 Å². The van der Waals surface area contributed by atoms with Crippen molar-refractivity contribution in [1.82, 2.24) is 10.6 Å². The first-order valence-corrected chi connectivity index (χ1v) is 7.42. The second kappa shape index (κ2) is 8.84. The average Bonchev–Trinajstić information content (AvgIpc) is 3.05. The number of aliphatic imine (C=N–C) groups is 1. The van der Waals surface area contributed by atoms with Crippen LogP contribution in [0.3, 0.4) is 0 Å². The molecule has 2 aromatic rings. The van der Waals surface area contributed by atoms with E-state index in [9.17, 15) is 8.78 Å². The van der Waals surface area contributed by atoms with E-state index in [1.54, 1.807) is 7.05 Å². The van der Waals surface area contributed by atoms with Crippen LogP contribution in [-0.2, 0) is 13.1 Å². The fraction of sp³-hybridized carbons (Fsp3) is 0.235. The third kappa shape index (κ3) is 4.94.